The summed E-state index contributed by atoms with van der Waals surface area (Å²) in [6, 6.07) is 8.92. The van der Waals surface area contributed by atoms with Crippen molar-refractivity contribution >= 4 is 45.0 Å². The Balaban J connectivity index is 1.85. The number of nitrogens with one attached hydrogen (secondary N) is 2. The lowest BCUT2D eigenvalue weighted by Crippen LogP contribution is -2.55. The number of hydrogen-bond acceptors (Lipinski definition) is 3. The molecule has 0 aliphatic carbocycles. The number of carbonyl (C=O) groups is 1. The molecule has 1 aliphatic rings. The van der Waals surface area contributed by atoms with Crippen LogP contribution in [0.15, 0.2) is 42.5 Å². The van der Waals surface area contributed by atoms with Crippen LogP contribution in [-0.4, -0.2) is 31.7 Å². The minimum atomic E-state index is -3.88. The molecule has 0 aromatic heterocycles. The van der Waals surface area contributed by atoms with E-state index in [2.05, 4.69) is 10.0 Å². The largest absolute Gasteiger partial charge is 0.325 e. The summed E-state index contributed by atoms with van der Waals surface area (Å²) in [5, 5.41) is 2.90. The maximum absolute atomic E-state index is 13.3. The van der Waals surface area contributed by atoms with Crippen molar-refractivity contribution in [2.24, 2.45) is 0 Å². The molecule has 6 nitrogen and oxygen atoms in total. The number of rotatable bonds is 3. The lowest BCUT2D eigenvalue weighted by Gasteiger charge is -2.36. The molecule has 144 valence electrons. The average molecular weight is 432 g/mol. The number of anilines is 1. The summed E-state index contributed by atoms with van der Waals surface area (Å²) >= 11 is 11.7. The molecule has 1 saturated heterocycles. The van der Waals surface area contributed by atoms with E-state index >= 15 is 0 Å². The topological polar surface area (TPSA) is 78.5 Å². The highest BCUT2D eigenvalue weighted by molar-refractivity contribution is 7.87. The number of hydrogen-bond donors (Lipinski definition) is 2. The van der Waals surface area contributed by atoms with Crippen molar-refractivity contribution < 1.29 is 17.6 Å². The van der Waals surface area contributed by atoms with Crippen molar-refractivity contribution in [3.05, 3.63) is 63.9 Å². The molecule has 0 bridgehead atoms. The molecule has 1 fully saturated rings. The third-order valence-electron chi connectivity index (χ3n) is 4.31. The van der Waals surface area contributed by atoms with Crippen LogP contribution in [-0.2, 0) is 15.0 Å². The van der Waals surface area contributed by atoms with Crippen LogP contribution in [0.25, 0.3) is 0 Å². The minimum absolute atomic E-state index is 0.143. The highest BCUT2D eigenvalue weighted by atomic mass is 35.5. The fourth-order valence-electron chi connectivity index (χ4n) is 2.85. The van der Waals surface area contributed by atoms with Crippen LogP contribution in [0.2, 0.25) is 10.0 Å². The smallest absolute Gasteiger partial charge is 0.280 e. The first-order chi connectivity index (χ1) is 12.7. The number of nitrogens with zero attached hydrogens (tertiary/aromatic N) is 1. The van der Waals surface area contributed by atoms with Gasteiger partial charge in [0.25, 0.3) is 10.2 Å². The first-order valence-electron chi connectivity index (χ1n) is 7.94. The van der Waals surface area contributed by atoms with Gasteiger partial charge in [0.05, 0.1) is 5.02 Å². The number of likely N-dealkylation sites (N-methyl/N-ethyl adjacent to an activating group) is 1. The third-order valence-corrected chi connectivity index (χ3v) is 6.43. The van der Waals surface area contributed by atoms with E-state index in [0.29, 0.717) is 10.6 Å². The molecule has 10 heteroatoms. The van der Waals surface area contributed by atoms with Crippen LogP contribution in [0.5, 0.6) is 0 Å². The van der Waals surface area contributed by atoms with Crippen molar-refractivity contribution in [1.29, 1.82) is 0 Å². The Hall–Kier alpha value is -1.71. The van der Waals surface area contributed by atoms with Gasteiger partial charge in [-0.25, -0.2) is 4.39 Å². The van der Waals surface area contributed by atoms with Crippen molar-refractivity contribution in [3.63, 3.8) is 0 Å². The lowest BCUT2D eigenvalue weighted by atomic mass is 9.99. The number of benzene rings is 2. The Morgan fingerprint density at radius 3 is 2.67 bits per heavy atom. The Morgan fingerprint density at radius 2 is 2.00 bits per heavy atom. The van der Waals surface area contributed by atoms with Gasteiger partial charge in [-0.1, -0.05) is 35.3 Å². The van der Waals surface area contributed by atoms with Gasteiger partial charge in [-0.3, -0.25) is 4.79 Å². The molecule has 2 aromatic carbocycles. The summed E-state index contributed by atoms with van der Waals surface area (Å²) in [5.41, 5.74) is 0.928. The Kier molecular flexibility index (Phi) is 5.73. The molecule has 2 aromatic rings. The molecule has 0 spiro atoms. The Bertz CT molecular complexity index is 987. The normalized spacial score (nSPS) is 22.4. The minimum Gasteiger partial charge on any atom is -0.325 e. The van der Waals surface area contributed by atoms with Gasteiger partial charge in [-0.2, -0.15) is 17.4 Å². The van der Waals surface area contributed by atoms with Crippen molar-refractivity contribution in [2.45, 2.75) is 18.5 Å². The molecular formula is C17H16Cl2FN3O3S. The van der Waals surface area contributed by atoms with Gasteiger partial charge in [-0.15, -0.1) is 0 Å². The fourth-order valence-corrected chi connectivity index (χ4v) is 4.50. The summed E-state index contributed by atoms with van der Waals surface area (Å²) in [4.78, 5) is 12.7. The van der Waals surface area contributed by atoms with E-state index in [1.165, 1.54) is 19.2 Å². The maximum atomic E-state index is 13.3. The van der Waals surface area contributed by atoms with Crippen LogP contribution in [0.3, 0.4) is 0 Å². The molecule has 3 rings (SSSR count). The molecule has 1 aliphatic heterocycles. The fraction of sp³-hybridized carbons (Fsp3) is 0.235. The molecule has 1 amide bonds. The molecule has 27 heavy (non-hydrogen) atoms. The van der Waals surface area contributed by atoms with Crippen molar-refractivity contribution in [1.82, 2.24) is 9.03 Å². The van der Waals surface area contributed by atoms with Gasteiger partial charge in [-0.05, 0) is 42.3 Å². The number of amides is 1. The van der Waals surface area contributed by atoms with E-state index in [1.807, 2.05) is 0 Å². The molecular weight excluding hydrogens is 416 g/mol. The zero-order valence-corrected chi connectivity index (χ0v) is 16.4. The first kappa shape index (κ1) is 20.0. The summed E-state index contributed by atoms with van der Waals surface area (Å²) in [7, 11) is -2.56. The second kappa shape index (κ2) is 7.73. The molecule has 2 atom stereocenters. The van der Waals surface area contributed by atoms with Crippen LogP contribution in [0.1, 0.15) is 18.0 Å². The maximum Gasteiger partial charge on any atom is 0.280 e. The van der Waals surface area contributed by atoms with Crippen molar-refractivity contribution in [3.8, 4) is 0 Å². The molecule has 0 saturated carbocycles. The van der Waals surface area contributed by atoms with Gasteiger partial charge in [0.2, 0.25) is 5.91 Å². The standard InChI is InChI=1S/C17H16Cl2FN3O3S/c1-23-16(17(24)21-12-5-6-14(20)13(19)8-12)9-15(22-27(23,25)26)10-3-2-4-11(18)7-10/h2-8,15-16,22H,9H2,1H3,(H,21,24). The van der Waals surface area contributed by atoms with E-state index in [0.717, 1.165) is 10.4 Å². The van der Waals surface area contributed by atoms with Crippen LogP contribution < -0.4 is 10.0 Å². The highest BCUT2D eigenvalue weighted by Gasteiger charge is 2.40. The highest BCUT2D eigenvalue weighted by Crippen LogP contribution is 2.30. The average Bonchev–Trinajstić information content (AvgIpc) is 2.60. The monoisotopic (exact) mass is 431 g/mol. The summed E-state index contributed by atoms with van der Waals surface area (Å²) < 4.78 is 41.7. The van der Waals surface area contributed by atoms with Gasteiger partial charge in [0.1, 0.15) is 11.9 Å². The SMILES string of the molecule is CN1C(C(=O)Nc2ccc(F)c(Cl)c2)CC(c2cccc(Cl)c2)NS1(=O)=O. The van der Waals surface area contributed by atoms with Crippen LogP contribution in [0.4, 0.5) is 10.1 Å². The lowest BCUT2D eigenvalue weighted by molar-refractivity contribution is -0.120. The zero-order chi connectivity index (χ0) is 19.8. The molecule has 2 unspecified atom stereocenters. The Labute approximate surface area is 166 Å². The summed E-state index contributed by atoms with van der Waals surface area (Å²) in [6.07, 6.45) is 0.191. The second-order valence-corrected chi connectivity index (χ2v) is 8.72. The number of halogens is 3. The van der Waals surface area contributed by atoms with E-state index in [4.69, 9.17) is 23.2 Å². The van der Waals surface area contributed by atoms with Gasteiger partial charge in [0, 0.05) is 23.8 Å². The van der Waals surface area contributed by atoms with E-state index in [-0.39, 0.29) is 17.1 Å². The molecule has 2 N–H and O–H groups in total. The first-order valence-corrected chi connectivity index (χ1v) is 10.1. The Morgan fingerprint density at radius 1 is 1.26 bits per heavy atom. The number of carbonyl (C=O) groups excluding carboxylic acids is 1. The third kappa shape index (κ3) is 4.41. The molecule has 1 heterocycles. The van der Waals surface area contributed by atoms with E-state index in [9.17, 15) is 17.6 Å². The van der Waals surface area contributed by atoms with Gasteiger partial charge < -0.3 is 5.32 Å². The quantitative estimate of drug-likeness (QED) is 0.781. The van der Waals surface area contributed by atoms with E-state index < -0.39 is 34.0 Å². The van der Waals surface area contributed by atoms with E-state index in [1.54, 1.807) is 24.3 Å². The summed E-state index contributed by atoms with van der Waals surface area (Å²) in [5.74, 6) is -1.16. The summed E-state index contributed by atoms with van der Waals surface area (Å²) in [6.45, 7) is 0. The second-order valence-electron chi connectivity index (χ2n) is 6.12. The predicted octanol–water partition coefficient (Wildman–Crippen LogP) is 3.35. The van der Waals surface area contributed by atoms with Crippen molar-refractivity contribution in [2.75, 3.05) is 12.4 Å². The van der Waals surface area contributed by atoms with Crippen LogP contribution >= 0.6 is 23.2 Å². The van der Waals surface area contributed by atoms with Crippen LogP contribution in [0, 0.1) is 5.82 Å². The predicted molar refractivity (Wildman–Crippen MR) is 102 cm³/mol. The van der Waals surface area contributed by atoms with Gasteiger partial charge in [0.15, 0.2) is 0 Å². The zero-order valence-electron chi connectivity index (χ0n) is 14.1. The van der Waals surface area contributed by atoms with Gasteiger partial charge >= 0.3 is 0 Å². The molecule has 0 radical (unpaired) electrons.